The number of carbonyl (C=O) groups is 2. The van der Waals surface area contributed by atoms with Crippen LogP contribution in [-0.2, 0) is 12.7 Å². The van der Waals surface area contributed by atoms with E-state index in [1.54, 1.807) is 0 Å². The van der Waals surface area contributed by atoms with Crippen LogP contribution in [0.4, 0.5) is 30.7 Å². The van der Waals surface area contributed by atoms with E-state index >= 15 is 0 Å². The number of nitrogens with zero attached hydrogens (tertiary/aromatic N) is 1. The summed E-state index contributed by atoms with van der Waals surface area (Å²) in [5.41, 5.74) is -1.81. The number of halogens is 7. The van der Waals surface area contributed by atoms with Gasteiger partial charge in [0.05, 0.1) is 29.2 Å². The summed E-state index contributed by atoms with van der Waals surface area (Å²) in [5.74, 6) is -4.30. The van der Waals surface area contributed by atoms with Gasteiger partial charge in [0.1, 0.15) is 5.82 Å². The molecule has 4 rings (SSSR count). The highest BCUT2D eigenvalue weighted by molar-refractivity contribution is 6.21. The predicted octanol–water partition coefficient (Wildman–Crippen LogP) is 7.62. The van der Waals surface area contributed by atoms with Crippen molar-refractivity contribution < 1.29 is 40.3 Å². The number of imide groups is 1. The molecule has 0 aromatic heterocycles. The fourth-order valence-electron chi connectivity index (χ4n) is 4.43. The van der Waals surface area contributed by atoms with Crippen LogP contribution in [0.25, 0.3) is 6.08 Å². The van der Waals surface area contributed by atoms with Crippen LogP contribution in [0.5, 0.6) is 0 Å². The molecule has 1 aliphatic heterocycles. The second-order valence-corrected chi connectivity index (χ2v) is 9.00. The van der Waals surface area contributed by atoms with E-state index in [0.29, 0.717) is 17.0 Å². The lowest BCUT2D eigenvalue weighted by Gasteiger charge is -2.20. The number of hydrogen-bond donors (Lipinski definition) is 0. The maximum atomic E-state index is 13.9. The van der Waals surface area contributed by atoms with Crippen molar-refractivity contribution in [3.63, 3.8) is 0 Å². The molecule has 2 amide bonds. The number of fused-ring (bicyclic) bond motifs is 1. The molecule has 1 atom stereocenters. The van der Waals surface area contributed by atoms with E-state index in [9.17, 15) is 40.3 Å². The lowest BCUT2D eigenvalue weighted by atomic mass is 9.93. The predicted molar refractivity (Wildman–Crippen MR) is 126 cm³/mol. The molecule has 0 saturated heterocycles. The van der Waals surface area contributed by atoms with Gasteiger partial charge in [0.25, 0.3) is 11.8 Å². The fourth-order valence-corrected chi connectivity index (χ4v) is 4.43. The molecule has 0 saturated carbocycles. The number of hydrogen-bond acceptors (Lipinski definition) is 2. The van der Waals surface area contributed by atoms with E-state index < -0.39 is 48.0 Å². The molecule has 3 nitrogen and oxygen atoms in total. The number of alkyl halides is 6. The summed E-state index contributed by atoms with van der Waals surface area (Å²) in [6.07, 6.45) is -8.07. The maximum Gasteiger partial charge on any atom is 0.416 e. The lowest BCUT2D eigenvalue weighted by molar-refractivity contribution is -0.140. The van der Waals surface area contributed by atoms with Gasteiger partial charge < -0.3 is 0 Å². The lowest BCUT2D eigenvalue weighted by Crippen LogP contribution is -2.30. The minimum absolute atomic E-state index is 0.0134. The Bertz CT molecular complexity index is 1400. The number of aryl methyl sites for hydroxylation is 2. The molecule has 1 unspecified atom stereocenters. The van der Waals surface area contributed by atoms with E-state index in [4.69, 9.17) is 0 Å². The average molecular weight is 535 g/mol. The van der Waals surface area contributed by atoms with Crippen molar-refractivity contribution in [2.24, 2.45) is 0 Å². The molecule has 1 heterocycles. The van der Waals surface area contributed by atoms with Crippen LogP contribution in [0, 0.1) is 19.7 Å². The van der Waals surface area contributed by atoms with Crippen LogP contribution in [0.15, 0.2) is 60.7 Å². The van der Waals surface area contributed by atoms with Gasteiger partial charge in [-0.3, -0.25) is 14.5 Å². The molecule has 0 aliphatic carbocycles. The zero-order chi connectivity index (χ0) is 28.0. The van der Waals surface area contributed by atoms with Crippen molar-refractivity contribution in [3.8, 4) is 0 Å². The Hall–Kier alpha value is -3.95. The van der Waals surface area contributed by atoms with Crippen LogP contribution in [0.1, 0.15) is 60.0 Å². The monoisotopic (exact) mass is 535 g/mol. The van der Waals surface area contributed by atoms with Crippen molar-refractivity contribution in [2.45, 2.75) is 38.7 Å². The van der Waals surface area contributed by atoms with Crippen molar-refractivity contribution in [1.29, 1.82) is 0 Å². The minimum atomic E-state index is -4.91. The SMILES string of the molecule is Cc1cc(C(/C=C/c2ccc(CN3C(=O)c4ccccc4C3=O)c(C(F)(F)F)c2)C(F)(F)F)cc(C)c1F. The number of rotatable bonds is 5. The second-order valence-electron chi connectivity index (χ2n) is 9.00. The van der Waals surface area contributed by atoms with Crippen molar-refractivity contribution in [2.75, 3.05) is 0 Å². The third-order valence-corrected chi connectivity index (χ3v) is 6.30. The summed E-state index contributed by atoms with van der Waals surface area (Å²) >= 11 is 0. The Morgan fingerprint density at radius 2 is 1.39 bits per heavy atom. The average Bonchev–Trinajstić information content (AvgIpc) is 3.07. The minimum Gasteiger partial charge on any atom is -0.270 e. The van der Waals surface area contributed by atoms with Gasteiger partial charge in [0.2, 0.25) is 0 Å². The van der Waals surface area contributed by atoms with Gasteiger partial charge in [0.15, 0.2) is 0 Å². The summed E-state index contributed by atoms with van der Waals surface area (Å²) < 4.78 is 97.1. The molecular formula is C28H20F7NO2. The van der Waals surface area contributed by atoms with Crippen LogP contribution < -0.4 is 0 Å². The summed E-state index contributed by atoms with van der Waals surface area (Å²) in [6, 6.07) is 10.8. The highest BCUT2D eigenvalue weighted by Crippen LogP contribution is 2.39. The summed E-state index contributed by atoms with van der Waals surface area (Å²) in [4.78, 5) is 25.9. The molecule has 1 aliphatic rings. The molecule has 3 aromatic carbocycles. The first-order valence-corrected chi connectivity index (χ1v) is 11.4. The summed E-state index contributed by atoms with van der Waals surface area (Å²) in [6.45, 7) is 1.99. The zero-order valence-electron chi connectivity index (χ0n) is 20.0. The Balaban J connectivity index is 1.68. The van der Waals surface area contributed by atoms with Crippen LogP contribution in [0.3, 0.4) is 0 Å². The first-order valence-electron chi connectivity index (χ1n) is 11.4. The molecule has 0 radical (unpaired) electrons. The van der Waals surface area contributed by atoms with Crippen LogP contribution in [0.2, 0.25) is 0 Å². The number of benzene rings is 3. The van der Waals surface area contributed by atoms with Gasteiger partial charge in [-0.1, -0.05) is 48.6 Å². The third-order valence-electron chi connectivity index (χ3n) is 6.30. The normalized spacial score (nSPS) is 14.9. The van der Waals surface area contributed by atoms with Crippen LogP contribution >= 0.6 is 0 Å². The zero-order valence-corrected chi connectivity index (χ0v) is 20.0. The van der Waals surface area contributed by atoms with Gasteiger partial charge >= 0.3 is 12.4 Å². The standard InChI is InChI=1S/C28H20F7NO2/c1-15-11-19(12-16(2)24(15)29)22(27(30,31)32)10-8-17-7-9-18(23(13-17)28(33,34)35)14-36-25(37)20-5-3-4-6-21(20)26(36)38/h3-13,22H,14H2,1-2H3/b10-8+. The third kappa shape index (κ3) is 5.20. The molecule has 198 valence electrons. The fraction of sp³-hybridized carbons (Fsp3) is 0.214. The number of amides is 2. The van der Waals surface area contributed by atoms with Crippen LogP contribution in [-0.4, -0.2) is 22.9 Å². The van der Waals surface area contributed by atoms with Crippen molar-refractivity contribution in [1.82, 2.24) is 4.90 Å². The largest absolute Gasteiger partial charge is 0.416 e. The van der Waals surface area contributed by atoms with E-state index in [2.05, 4.69) is 0 Å². The quantitative estimate of drug-likeness (QED) is 0.249. The Morgan fingerprint density at radius 3 is 1.89 bits per heavy atom. The molecular weight excluding hydrogens is 515 g/mol. The van der Waals surface area contributed by atoms with Gasteiger partial charge in [-0.25, -0.2) is 4.39 Å². The summed E-state index contributed by atoms with van der Waals surface area (Å²) in [5, 5.41) is 0. The molecule has 38 heavy (non-hydrogen) atoms. The molecule has 3 aromatic rings. The molecule has 0 bridgehead atoms. The number of allylic oxidation sites excluding steroid dienone is 1. The van der Waals surface area contributed by atoms with E-state index in [1.807, 2.05) is 0 Å². The highest BCUT2D eigenvalue weighted by atomic mass is 19.4. The van der Waals surface area contributed by atoms with Gasteiger partial charge in [-0.15, -0.1) is 0 Å². The molecule has 10 heteroatoms. The Kier molecular flexibility index (Phi) is 6.94. The molecule has 0 spiro atoms. The van der Waals surface area contributed by atoms with E-state index in [-0.39, 0.29) is 38.9 Å². The first kappa shape index (κ1) is 27.1. The van der Waals surface area contributed by atoms with Crippen molar-refractivity contribution in [3.05, 3.63) is 111 Å². The van der Waals surface area contributed by atoms with Crippen molar-refractivity contribution >= 4 is 17.9 Å². The summed E-state index contributed by atoms with van der Waals surface area (Å²) in [7, 11) is 0. The first-order chi connectivity index (χ1) is 17.7. The molecule has 0 fully saturated rings. The van der Waals surface area contributed by atoms with E-state index in [0.717, 1.165) is 24.3 Å². The number of carbonyl (C=O) groups excluding carboxylic acids is 2. The smallest absolute Gasteiger partial charge is 0.270 e. The maximum absolute atomic E-state index is 13.9. The Labute approximate surface area is 213 Å². The van der Waals surface area contributed by atoms with Gasteiger partial charge in [0, 0.05) is 0 Å². The van der Waals surface area contributed by atoms with Gasteiger partial charge in [-0.2, -0.15) is 26.3 Å². The van der Waals surface area contributed by atoms with E-state index in [1.165, 1.54) is 44.2 Å². The molecule has 0 N–H and O–H groups in total. The second kappa shape index (κ2) is 9.74. The highest BCUT2D eigenvalue weighted by Gasteiger charge is 2.40. The Morgan fingerprint density at radius 1 is 0.842 bits per heavy atom. The topological polar surface area (TPSA) is 37.4 Å². The van der Waals surface area contributed by atoms with Gasteiger partial charge in [-0.05, 0) is 59.9 Å².